The van der Waals surface area contributed by atoms with Gasteiger partial charge in [-0.1, -0.05) is 0 Å². The first-order valence-corrected chi connectivity index (χ1v) is 4.25. The van der Waals surface area contributed by atoms with E-state index in [1.54, 1.807) is 18.7 Å². The fraction of sp³-hybridized carbons (Fsp3) is 0.222. The molecule has 5 nitrogen and oxygen atoms in total. The topological polar surface area (TPSA) is 63.8 Å². The van der Waals surface area contributed by atoms with Crippen LogP contribution in [0.1, 0.15) is 11.4 Å². The Morgan fingerprint density at radius 1 is 1.36 bits per heavy atom. The molecule has 2 aromatic heterocycles. The largest absolute Gasteiger partial charge is 0.390 e. The van der Waals surface area contributed by atoms with E-state index in [1.807, 2.05) is 10.6 Å². The Morgan fingerprint density at radius 2 is 2.29 bits per heavy atom. The van der Waals surface area contributed by atoms with Gasteiger partial charge in [0.1, 0.15) is 6.33 Å². The molecule has 1 N–H and O–H groups in total. The summed E-state index contributed by atoms with van der Waals surface area (Å²) in [7, 11) is 0. The minimum atomic E-state index is -0.00885. The van der Waals surface area contributed by atoms with Crippen molar-refractivity contribution in [2.24, 2.45) is 0 Å². The van der Waals surface area contributed by atoms with E-state index in [9.17, 15) is 0 Å². The summed E-state index contributed by atoms with van der Waals surface area (Å²) in [4.78, 5) is 11.9. The van der Waals surface area contributed by atoms with Gasteiger partial charge in [0.2, 0.25) is 0 Å². The third kappa shape index (κ3) is 1.77. The van der Waals surface area contributed by atoms with Crippen LogP contribution in [0.15, 0.2) is 31.1 Å². The van der Waals surface area contributed by atoms with Gasteiger partial charge in [-0.15, -0.1) is 0 Å². The minimum absolute atomic E-state index is 0.00885. The highest BCUT2D eigenvalue weighted by atomic mass is 16.3. The lowest BCUT2D eigenvalue weighted by atomic mass is 10.4. The van der Waals surface area contributed by atoms with Gasteiger partial charge >= 0.3 is 0 Å². The molecule has 0 bridgehead atoms. The number of hydrogen-bond acceptors (Lipinski definition) is 4. The number of aliphatic hydroxyl groups excluding tert-OH is 1. The summed E-state index contributed by atoms with van der Waals surface area (Å²) in [5, 5.41) is 8.99. The Morgan fingerprint density at radius 3 is 3.00 bits per heavy atom. The molecule has 0 aliphatic heterocycles. The van der Waals surface area contributed by atoms with Gasteiger partial charge < -0.3 is 9.67 Å². The van der Waals surface area contributed by atoms with Crippen LogP contribution in [0.4, 0.5) is 0 Å². The van der Waals surface area contributed by atoms with Crippen molar-refractivity contribution in [1.82, 2.24) is 19.5 Å². The lowest BCUT2D eigenvalue weighted by Crippen LogP contribution is -2.04. The number of aromatic nitrogens is 4. The van der Waals surface area contributed by atoms with Gasteiger partial charge in [-0.25, -0.2) is 15.0 Å². The Balaban J connectivity index is 2.19. The number of imidazole rings is 1. The maximum absolute atomic E-state index is 8.99. The van der Waals surface area contributed by atoms with E-state index in [4.69, 9.17) is 5.11 Å². The molecule has 0 saturated carbocycles. The quantitative estimate of drug-likeness (QED) is 0.751. The van der Waals surface area contributed by atoms with E-state index in [-0.39, 0.29) is 6.61 Å². The molecule has 2 rings (SSSR count). The van der Waals surface area contributed by atoms with E-state index in [0.717, 1.165) is 11.4 Å². The lowest BCUT2D eigenvalue weighted by Gasteiger charge is -2.04. The zero-order chi connectivity index (χ0) is 9.80. The molecule has 0 saturated heterocycles. The summed E-state index contributed by atoms with van der Waals surface area (Å²) in [5.74, 6) is 0. The number of hydrogen-bond donors (Lipinski definition) is 1. The molecule has 0 radical (unpaired) electrons. The molecule has 14 heavy (non-hydrogen) atoms. The van der Waals surface area contributed by atoms with Gasteiger partial charge in [-0.2, -0.15) is 0 Å². The molecule has 0 unspecified atom stereocenters. The Hall–Kier alpha value is -1.75. The highest BCUT2D eigenvalue weighted by Gasteiger charge is 2.01. The SMILES string of the molecule is OCc1cncn1Cc1ccncn1. The molecular formula is C9H10N4O. The fourth-order valence-electron chi connectivity index (χ4n) is 1.21. The van der Waals surface area contributed by atoms with Crippen LogP contribution in [0, 0.1) is 0 Å². The van der Waals surface area contributed by atoms with Crippen LogP contribution in [0.25, 0.3) is 0 Å². The second-order valence-electron chi connectivity index (χ2n) is 2.87. The second kappa shape index (κ2) is 3.97. The van der Waals surface area contributed by atoms with Crippen LogP contribution in [-0.2, 0) is 13.2 Å². The molecule has 0 aliphatic carbocycles. The highest BCUT2D eigenvalue weighted by Crippen LogP contribution is 2.02. The van der Waals surface area contributed by atoms with Crippen LogP contribution in [0.5, 0.6) is 0 Å². The van der Waals surface area contributed by atoms with Crippen molar-refractivity contribution in [3.05, 3.63) is 42.5 Å². The Labute approximate surface area is 81.1 Å². The second-order valence-corrected chi connectivity index (χ2v) is 2.87. The molecule has 5 heteroatoms. The van der Waals surface area contributed by atoms with Crippen molar-refractivity contribution >= 4 is 0 Å². The van der Waals surface area contributed by atoms with Gasteiger partial charge in [-0.05, 0) is 6.07 Å². The van der Waals surface area contributed by atoms with Crippen molar-refractivity contribution in [3.8, 4) is 0 Å². The van der Waals surface area contributed by atoms with Crippen LogP contribution in [0.3, 0.4) is 0 Å². The molecule has 2 heterocycles. The fourth-order valence-corrected chi connectivity index (χ4v) is 1.21. The molecule has 2 aromatic rings. The summed E-state index contributed by atoms with van der Waals surface area (Å²) in [6.45, 7) is 0.601. The Bertz CT molecular complexity index is 398. The van der Waals surface area contributed by atoms with Crippen molar-refractivity contribution in [2.45, 2.75) is 13.2 Å². The molecule has 0 spiro atoms. The van der Waals surface area contributed by atoms with Gasteiger partial charge in [0.15, 0.2) is 0 Å². The van der Waals surface area contributed by atoms with Crippen LogP contribution >= 0.6 is 0 Å². The molecule has 72 valence electrons. The van der Waals surface area contributed by atoms with Crippen LogP contribution in [-0.4, -0.2) is 24.6 Å². The molecule has 0 aromatic carbocycles. The summed E-state index contributed by atoms with van der Waals surface area (Å²) < 4.78 is 1.85. The average molecular weight is 190 g/mol. The monoisotopic (exact) mass is 190 g/mol. The third-order valence-corrected chi connectivity index (χ3v) is 1.94. The number of rotatable bonds is 3. The van der Waals surface area contributed by atoms with Crippen molar-refractivity contribution in [3.63, 3.8) is 0 Å². The molecule has 0 atom stereocenters. The average Bonchev–Trinajstić information content (AvgIpc) is 2.67. The van der Waals surface area contributed by atoms with E-state index in [0.29, 0.717) is 6.54 Å². The first-order valence-electron chi connectivity index (χ1n) is 4.25. The van der Waals surface area contributed by atoms with Gasteiger partial charge in [-0.3, -0.25) is 0 Å². The maximum atomic E-state index is 8.99. The minimum Gasteiger partial charge on any atom is -0.390 e. The zero-order valence-electron chi connectivity index (χ0n) is 7.54. The van der Waals surface area contributed by atoms with Crippen molar-refractivity contribution in [1.29, 1.82) is 0 Å². The summed E-state index contributed by atoms with van der Waals surface area (Å²) in [6.07, 6.45) is 6.51. The van der Waals surface area contributed by atoms with E-state index in [1.165, 1.54) is 6.33 Å². The predicted octanol–water partition coefficient (Wildman–Crippen LogP) is 0.214. The van der Waals surface area contributed by atoms with Crippen LogP contribution < -0.4 is 0 Å². The normalized spacial score (nSPS) is 10.4. The Kier molecular flexibility index (Phi) is 2.51. The predicted molar refractivity (Wildman–Crippen MR) is 49.3 cm³/mol. The third-order valence-electron chi connectivity index (χ3n) is 1.94. The maximum Gasteiger partial charge on any atom is 0.115 e. The van der Waals surface area contributed by atoms with Gasteiger partial charge in [0.05, 0.1) is 37.1 Å². The molecular weight excluding hydrogens is 180 g/mol. The van der Waals surface area contributed by atoms with Gasteiger partial charge in [0, 0.05) is 6.20 Å². The molecule has 0 aliphatic rings. The summed E-state index contributed by atoms with van der Waals surface area (Å²) in [6, 6.07) is 1.83. The summed E-state index contributed by atoms with van der Waals surface area (Å²) >= 11 is 0. The van der Waals surface area contributed by atoms with E-state index >= 15 is 0 Å². The first kappa shape index (κ1) is 8.83. The highest BCUT2D eigenvalue weighted by molar-refractivity contribution is 5.03. The lowest BCUT2D eigenvalue weighted by molar-refractivity contribution is 0.271. The van der Waals surface area contributed by atoms with Crippen LogP contribution in [0.2, 0.25) is 0 Å². The van der Waals surface area contributed by atoms with E-state index in [2.05, 4.69) is 15.0 Å². The van der Waals surface area contributed by atoms with Gasteiger partial charge in [0.25, 0.3) is 0 Å². The molecule has 0 fully saturated rings. The van der Waals surface area contributed by atoms with Crippen molar-refractivity contribution in [2.75, 3.05) is 0 Å². The summed E-state index contributed by atoms with van der Waals surface area (Å²) in [5.41, 5.74) is 1.68. The van der Waals surface area contributed by atoms with Crippen molar-refractivity contribution < 1.29 is 5.11 Å². The number of aliphatic hydroxyl groups is 1. The molecule has 0 amide bonds. The number of nitrogens with zero attached hydrogens (tertiary/aromatic N) is 4. The smallest absolute Gasteiger partial charge is 0.115 e. The van der Waals surface area contributed by atoms with E-state index < -0.39 is 0 Å². The standard InChI is InChI=1S/C9H10N4O/c14-5-9-3-11-7-13(9)4-8-1-2-10-6-12-8/h1-3,6-7,14H,4-5H2. The zero-order valence-corrected chi connectivity index (χ0v) is 7.54. The first-order chi connectivity index (χ1) is 6.90.